The number of hydrogen-bond acceptors (Lipinski definition) is 3. The molecule has 29 heavy (non-hydrogen) atoms. The first kappa shape index (κ1) is 19.1. The number of carbonyl (C=O) groups excluding carboxylic acids is 1. The molecule has 1 fully saturated rings. The Morgan fingerprint density at radius 2 is 1.52 bits per heavy atom. The maximum absolute atomic E-state index is 13.2. The van der Waals surface area contributed by atoms with E-state index >= 15 is 0 Å². The van der Waals surface area contributed by atoms with Crippen LogP contribution >= 0.6 is 0 Å². The van der Waals surface area contributed by atoms with E-state index in [2.05, 4.69) is 40.7 Å². The van der Waals surface area contributed by atoms with Gasteiger partial charge in [-0.2, -0.15) is 0 Å². The van der Waals surface area contributed by atoms with Crippen molar-refractivity contribution in [3.05, 3.63) is 77.6 Å². The van der Waals surface area contributed by atoms with Crippen molar-refractivity contribution in [2.45, 2.75) is 13.8 Å². The van der Waals surface area contributed by atoms with Gasteiger partial charge in [-0.15, -0.1) is 0 Å². The second-order valence-electron chi connectivity index (χ2n) is 7.43. The van der Waals surface area contributed by atoms with Crippen LogP contribution in [0.5, 0.6) is 5.75 Å². The number of piperazine rings is 1. The molecule has 3 aromatic rings. The molecule has 1 saturated heterocycles. The van der Waals surface area contributed by atoms with E-state index in [0.717, 1.165) is 54.6 Å². The summed E-state index contributed by atoms with van der Waals surface area (Å²) in [5, 5.41) is 0. The Bertz CT molecular complexity index is 985. The molecular weight excluding hydrogens is 362 g/mol. The minimum Gasteiger partial charge on any atom is -0.497 e. The molecule has 0 saturated carbocycles. The van der Waals surface area contributed by atoms with E-state index < -0.39 is 0 Å². The third kappa shape index (κ3) is 3.73. The van der Waals surface area contributed by atoms with Crippen molar-refractivity contribution in [1.82, 2.24) is 9.47 Å². The highest BCUT2D eigenvalue weighted by Crippen LogP contribution is 2.24. The molecule has 150 valence electrons. The standard InChI is InChI=1S/C24H27N3O2/c1-18-17-23(19(2)27(18)21-7-5-4-6-8-21)24(28)26-15-13-25(14-16-26)20-9-11-22(29-3)12-10-20/h4-12,17H,13-16H2,1-3H3. The summed E-state index contributed by atoms with van der Waals surface area (Å²) in [5.41, 5.74) is 5.13. The van der Waals surface area contributed by atoms with Crippen molar-refractivity contribution < 1.29 is 9.53 Å². The summed E-state index contributed by atoms with van der Waals surface area (Å²) >= 11 is 0. The summed E-state index contributed by atoms with van der Waals surface area (Å²) < 4.78 is 7.39. The smallest absolute Gasteiger partial charge is 0.255 e. The topological polar surface area (TPSA) is 37.7 Å². The first-order valence-electron chi connectivity index (χ1n) is 10.0. The van der Waals surface area contributed by atoms with Gasteiger partial charge in [0.15, 0.2) is 0 Å². The SMILES string of the molecule is COc1ccc(N2CCN(C(=O)c3cc(C)n(-c4ccccc4)c3C)CC2)cc1. The van der Waals surface area contributed by atoms with Gasteiger partial charge in [0, 0.05) is 48.9 Å². The highest BCUT2D eigenvalue weighted by molar-refractivity contribution is 5.96. The molecule has 2 aromatic carbocycles. The zero-order valence-electron chi connectivity index (χ0n) is 17.3. The van der Waals surface area contributed by atoms with Crippen LogP contribution in [0.4, 0.5) is 5.69 Å². The highest BCUT2D eigenvalue weighted by atomic mass is 16.5. The fourth-order valence-corrected chi connectivity index (χ4v) is 4.08. The molecule has 0 atom stereocenters. The maximum atomic E-state index is 13.2. The molecule has 2 heterocycles. The van der Waals surface area contributed by atoms with Gasteiger partial charge in [-0.05, 0) is 56.3 Å². The number of aromatic nitrogens is 1. The molecule has 0 aliphatic carbocycles. The number of nitrogens with zero attached hydrogens (tertiary/aromatic N) is 3. The first-order valence-corrected chi connectivity index (χ1v) is 10.0. The number of aryl methyl sites for hydroxylation is 1. The lowest BCUT2D eigenvalue weighted by molar-refractivity contribution is 0.0746. The number of rotatable bonds is 4. The third-order valence-corrected chi connectivity index (χ3v) is 5.68. The van der Waals surface area contributed by atoms with Gasteiger partial charge in [-0.1, -0.05) is 18.2 Å². The van der Waals surface area contributed by atoms with Crippen LogP contribution in [0.1, 0.15) is 21.7 Å². The number of benzene rings is 2. The molecule has 0 radical (unpaired) electrons. The van der Waals surface area contributed by atoms with Crippen molar-refractivity contribution in [3.8, 4) is 11.4 Å². The van der Waals surface area contributed by atoms with E-state index in [1.165, 1.54) is 5.69 Å². The predicted molar refractivity (Wildman–Crippen MR) is 116 cm³/mol. The summed E-state index contributed by atoms with van der Waals surface area (Å²) in [7, 11) is 1.67. The molecule has 4 rings (SSSR count). The van der Waals surface area contributed by atoms with Crippen LogP contribution in [0.25, 0.3) is 5.69 Å². The fourth-order valence-electron chi connectivity index (χ4n) is 4.08. The second-order valence-corrected chi connectivity index (χ2v) is 7.43. The van der Waals surface area contributed by atoms with Gasteiger partial charge in [0.2, 0.25) is 0 Å². The summed E-state index contributed by atoms with van der Waals surface area (Å²) in [5.74, 6) is 0.978. The third-order valence-electron chi connectivity index (χ3n) is 5.68. The van der Waals surface area contributed by atoms with Crippen LogP contribution in [-0.2, 0) is 0 Å². The molecule has 0 unspecified atom stereocenters. The average Bonchev–Trinajstić information content (AvgIpc) is 3.08. The van der Waals surface area contributed by atoms with Gasteiger partial charge in [0.05, 0.1) is 12.7 Å². The Labute approximate surface area is 172 Å². The molecule has 1 aliphatic rings. The van der Waals surface area contributed by atoms with Crippen molar-refractivity contribution in [1.29, 1.82) is 0 Å². The normalized spacial score (nSPS) is 14.2. The molecule has 5 nitrogen and oxygen atoms in total. The number of amides is 1. The summed E-state index contributed by atoms with van der Waals surface area (Å²) in [4.78, 5) is 17.5. The molecule has 1 aliphatic heterocycles. The van der Waals surface area contributed by atoms with E-state index in [1.807, 2.05) is 48.2 Å². The van der Waals surface area contributed by atoms with Crippen LogP contribution < -0.4 is 9.64 Å². The van der Waals surface area contributed by atoms with Gasteiger partial charge in [0.1, 0.15) is 5.75 Å². The van der Waals surface area contributed by atoms with Crippen molar-refractivity contribution >= 4 is 11.6 Å². The number of anilines is 1. The zero-order valence-corrected chi connectivity index (χ0v) is 17.3. The van der Waals surface area contributed by atoms with Gasteiger partial charge in [0.25, 0.3) is 5.91 Å². The Kier molecular flexibility index (Phi) is 5.30. The Morgan fingerprint density at radius 1 is 0.862 bits per heavy atom. The lowest BCUT2D eigenvalue weighted by Gasteiger charge is -2.36. The molecule has 1 amide bonds. The van der Waals surface area contributed by atoms with Crippen molar-refractivity contribution in [2.24, 2.45) is 0 Å². The number of ether oxygens (including phenoxy) is 1. The minimum absolute atomic E-state index is 0.120. The second kappa shape index (κ2) is 8.03. The summed E-state index contributed by atoms with van der Waals surface area (Å²) in [6, 6.07) is 20.3. The van der Waals surface area contributed by atoms with E-state index in [-0.39, 0.29) is 5.91 Å². The highest BCUT2D eigenvalue weighted by Gasteiger charge is 2.25. The predicted octanol–water partition coefficient (Wildman–Crippen LogP) is 4.07. The van der Waals surface area contributed by atoms with Crippen LogP contribution in [0, 0.1) is 13.8 Å². The van der Waals surface area contributed by atoms with E-state index in [1.54, 1.807) is 7.11 Å². The first-order chi connectivity index (χ1) is 14.1. The van der Waals surface area contributed by atoms with Crippen LogP contribution in [0.3, 0.4) is 0 Å². The van der Waals surface area contributed by atoms with Crippen LogP contribution in [-0.4, -0.2) is 48.7 Å². The van der Waals surface area contributed by atoms with Crippen LogP contribution in [0.15, 0.2) is 60.7 Å². The Morgan fingerprint density at radius 3 is 2.14 bits per heavy atom. The molecule has 0 spiro atoms. The van der Waals surface area contributed by atoms with Crippen LogP contribution in [0.2, 0.25) is 0 Å². The van der Waals surface area contributed by atoms with Gasteiger partial charge in [-0.3, -0.25) is 4.79 Å². The largest absolute Gasteiger partial charge is 0.497 e. The van der Waals surface area contributed by atoms with Crippen molar-refractivity contribution in [2.75, 3.05) is 38.2 Å². The molecular formula is C24H27N3O2. The zero-order chi connectivity index (χ0) is 20.4. The quantitative estimate of drug-likeness (QED) is 0.675. The number of para-hydroxylation sites is 1. The lowest BCUT2D eigenvalue weighted by atomic mass is 10.2. The van der Waals surface area contributed by atoms with Gasteiger partial charge in [-0.25, -0.2) is 0 Å². The lowest BCUT2D eigenvalue weighted by Crippen LogP contribution is -2.48. The van der Waals surface area contributed by atoms with E-state index in [9.17, 15) is 4.79 Å². The molecule has 1 aromatic heterocycles. The summed E-state index contributed by atoms with van der Waals surface area (Å²) in [6.45, 7) is 7.18. The monoisotopic (exact) mass is 389 g/mol. The molecule has 5 heteroatoms. The minimum atomic E-state index is 0.120. The molecule has 0 N–H and O–H groups in total. The summed E-state index contributed by atoms with van der Waals surface area (Å²) in [6.07, 6.45) is 0. The van der Waals surface area contributed by atoms with Gasteiger partial charge >= 0.3 is 0 Å². The average molecular weight is 389 g/mol. The fraction of sp³-hybridized carbons (Fsp3) is 0.292. The maximum Gasteiger partial charge on any atom is 0.255 e. The van der Waals surface area contributed by atoms with Gasteiger partial charge < -0.3 is 19.1 Å². The molecule has 0 bridgehead atoms. The number of hydrogen-bond donors (Lipinski definition) is 0. The number of carbonyl (C=O) groups is 1. The Hall–Kier alpha value is -3.21. The Balaban J connectivity index is 1.47. The van der Waals surface area contributed by atoms with Crippen molar-refractivity contribution in [3.63, 3.8) is 0 Å². The van der Waals surface area contributed by atoms with E-state index in [4.69, 9.17) is 4.74 Å². The van der Waals surface area contributed by atoms with E-state index in [0.29, 0.717) is 0 Å². The number of methoxy groups -OCH3 is 1.